The highest BCUT2D eigenvalue weighted by Crippen LogP contribution is 2.30. The quantitative estimate of drug-likeness (QED) is 0.402. The van der Waals surface area contributed by atoms with Crippen molar-refractivity contribution in [3.8, 4) is 17.0 Å². The highest BCUT2D eigenvalue weighted by atomic mass is 16.5. The van der Waals surface area contributed by atoms with Crippen LogP contribution in [0.5, 0.6) is 5.75 Å². The van der Waals surface area contributed by atoms with Crippen molar-refractivity contribution in [3.63, 3.8) is 0 Å². The number of rotatable bonds is 7. The van der Waals surface area contributed by atoms with Crippen LogP contribution in [-0.4, -0.2) is 39.2 Å². The average Bonchev–Trinajstić information content (AvgIpc) is 3.40. The van der Waals surface area contributed by atoms with Gasteiger partial charge in [0.1, 0.15) is 17.3 Å². The highest BCUT2D eigenvalue weighted by molar-refractivity contribution is 6.14. The average molecular weight is 418 g/mol. The largest absolute Gasteiger partial charge is 0.494 e. The lowest BCUT2D eigenvalue weighted by Gasteiger charge is -2.11. The third-order valence-corrected chi connectivity index (χ3v) is 5.05. The lowest BCUT2D eigenvalue weighted by Crippen LogP contribution is -2.22. The SMILES string of the molecule is CCCOc1cccc(-c2cc(NC3CC3)n3ncc(/C=C4\NC(=O)NC4=O)c3n2)c1. The number of imide groups is 1. The molecule has 31 heavy (non-hydrogen) atoms. The van der Waals surface area contributed by atoms with Crippen LogP contribution in [0.4, 0.5) is 10.6 Å². The van der Waals surface area contributed by atoms with Crippen LogP contribution in [0.1, 0.15) is 31.7 Å². The van der Waals surface area contributed by atoms with Crippen LogP contribution in [0, 0.1) is 0 Å². The number of aromatic nitrogens is 3. The van der Waals surface area contributed by atoms with Crippen LogP contribution in [0.15, 0.2) is 42.2 Å². The van der Waals surface area contributed by atoms with Crippen molar-refractivity contribution < 1.29 is 14.3 Å². The van der Waals surface area contributed by atoms with Crippen molar-refractivity contribution in [3.05, 3.63) is 47.8 Å². The molecule has 1 saturated carbocycles. The van der Waals surface area contributed by atoms with Gasteiger partial charge in [-0.15, -0.1) is 0 Å². The van der Waals surface area contributed by atoms with E-state index < -0.39 is 11.9 Å². The van der Waals surface area contributed by atoms with Gasteiger partial charge in [-0.05, 0) is 37.5 Å². The number of hydrogen-bond donors (Lipinski definition) is 3. The fourth-order valence-corrected chi connectivity index (χ4v) is 3.37. The van der Waals surface area contributed by atoms with Crippen molar-refractivity contribution in [2.45, 2.75) is 32.2 Å². The van der Waals surface area contributed by atoms with E-state index in [1.807, 2.05) is 30.3 Å². The Bertz CT molecular complexity index is 1210. The first kappa shape index (κ1) is 19.1. The Kier molecular flexibility index (Phi) is 4.78. The number of nitrogens with zero attached hydrogens (tertiary/aromatic N) is 3. The number of ether oxygens (including phenoxy) is 1. The van der Waals surface area contributed by atoms with Gasteiger partial charge in [0.15, 0.2) is 5.65 Å². The molecule has 2 fully saturated rings. The first-order valence-electron chi connectivity index (χ1n) is 10.3. The van der Waals surface area contributed by atoms with Crippen molar-refractivity contribution in [1.82, 2.24) is 25.2 Å². The molecule has 3 N–H and O–H groups in total. The molecule has 0 spiro atoms. The van der Waals surface area contributed by atoms with E-state index in [4.69, 9.17) is 9.72 Å². The van der Waals surface area contributed by atoms with Crippen LogP contribution in [0.25, 0.3) is 23.0 Å². The van der Waals surface area contributed by atoms with Gasteiger partial charge in [-0.25, -0.2) is 9.78 Å². The molecule has 2 aliphatic rings. The van der Waals surface area contributed by atoms with E-state index in [1.165, 1.54) is 0 Å². The molecule has 1 saturated heterocycles. The molecule has 2 aromatic heterocycles. The Labute approximate surface area is 178 Å². The highest BCUT2D eigenvalue weighted by Gasteiger charge is 2.25. The third kappa shape index (κ3) is 3.94. The van der Waals surface area contributed by atoms with Gasteiger partial charge in [-0.2, -0.15) is 9.61 Å². The second-order valence-corrected chi connectivity index (χ2v) is 7.62. The van der Waals surface area contributed by atoms with Crippen molar-refractivity contribution in [2.24, 2.45) is 0 Å². The molecule has 9 heteroatoms. The van der Waals surface area contributed by atoms with E-state index in [0.29, 0.717) is 23.9 Å². The molecule has 0 atom stereocenters. The predicted molar refractivity (Wildman–Crippen MR) is 116 cm³/mol. The number of anilines is 1. The summed E-state index contributed by atoms with van der Waals surface area (Å²) in [5.41, 5.74) is 3.06. The minimum Gasteiger partial charge on any atom is -0.494 e. The van der Waals surface area contributed by atoms with Crippen LogP contribution < -0.4 is 20.7 Å². The summed E-state index contributed by atoms with van der Waals surface area (Å²) in [6.07, 6.45) is 6.38. The molecule has 1 aromatic carbocycles. The van der Waals surface area contributed by atoms with E-state index in [2.05, 4.69) is 28.0 Å². The zero-order chi connectivity index (χ0) is 21.4. The Morgan fingerprint density at radius 2 is 2.13 bits per heavy atom. The summed E-state index contributed by atoms with van der Waals surface area (Å²) in [6.45, 7) is 2.72. The van der Waals surface area contributed by atoms with Gasteiger partial charge in [0.05, 0.1) is 18.5 Å². The van der Waals surface area contributed by atoms with Gasteiger partial charge >= 0.3 is 6.03 Å². The molecule has 1 aliphatic carbocycles. The number of amides is 3. The van der Waals surface area contributed by atoms with Crippen LogP contribution in [-0.2, 0) is 4.79 Å². The lowest BCUT2D eigenvalue weighted by molar-refractivity contribution is -0.115. The maximum absolute atomic E-state index is 11.9. The fourth-order valence-electron chi connectivity index (χ4n) is 3.37. The number of benzene rings is 1. The molecule has 158 valence electrons. The van der Waals surface area contributed by atoms with E-state index >= 15 is 0 Å². The standard InChI is InChI=1S/C22H22N6O3/c1-2-8-31-16-5-3-4-13(9-16)17-11-19(24-15-6-7-15)28-20(25-17)14(12-23-28)10-18-21(29)27-22(30)26-18/h3-5,9-12,15,24H,2,6-8H2,1H3,(H2,26,27,29,30)/b18-10-. The summed E-state index contributed by atoms with van der Waals surface area (Å²) in [5.74, 6) is 1.14. The molecule has 3 heterocycles. The van der Waals surface area contributed by atoms with E-state index in [0.717, 1.165) is 42.1 Å². The molecule has 0 radical (unpaired) electrons. The first-order chi connectivity index (χ1) is 15.1. The lowest BCUT2D eigenvalue weighted by atomic mass is 10.1. The third-order valence-electron chi connectivity index (χ3n) is 5.05. The van der Waals surface area contributed by atoms with Gasteiger partial charge in [-0.1, -0.05) is 19.1 Å². The van der Waals surface area contributed by atoms with Gasteiger partial charge in [0.25, 0.3) is 5.91 Å². The molecular weight excluding hydrogens is 396 g/mol. The molecule has 9 nitrogen and oxygen atoms in total. The van der Waals surface area contributed by atoms with Crippen molar-refractivity contribution in [1.29, 1.82) is 0 Å². The summed E-state index contributed by atoms with van der Waals surface area (Å²) in [6, 6.07) is 9.67. The van der Waals surface area contributed by atoms with E-state index in [9.17, 15) is 9.59 Å². The number of urea groups is 1. The molecular formula is C22H22N6O3. The van der Waals surface area contributed by atoms with Crippen molar-refractivity contribution >= 4 is 29.5 Å². The van der Waals surface area contributed by atoms with Gasteiger partial charge < -0.3 is 15.4 Å². The molecule has 3 amide bonds. The summed E-state index contributed by atoms with van der Waals surface area (Å²) in [4.78, 5) is 28.2. The van der Waals surface area contributed by atoms with E-state index in [-0.39, 0.29) is 5.70 Å². The minimum absolute atomic E-state index is 0.166. The van der Waals surface area contributed by atoms with Gasteiger partial charge in [0, 0.05) is 23.2 Å². The van der Waals surface area contributed by atoms with Crippen molar-refractivity contribution in [2.75, 3.05) is 11.9 Å². The number of nitrogens with one attached hydrogen (secondary N) is 3. The second-order valence-electron chi connectivity index (χ2n) is 7.62. The zero-order valence-electron chi connectivity index (χ0n) is 17.0. The minimum atomic E-state index is -0.540. The normalized spacial score (nSPS) is 17.1. The van der Waals surface area contributed by atoms with Crippen LogP contribution >= 0.6 is 0 Å². The van der Waals surface area contributed by atoms with E-state index in [1.54, 1.807) is 16.8 Å². The Hall–Kier alpha value is -3.88. The summed E-state index contributed by atoms with van der Waals surface area (Å²) in [7, 11) is 0. The summed E-state index contributed by atoms with van der Waals surface area (Å²) >= 11 is 0. The van der Waals surface area contributed by atoms with Crippen LogP contribution in [0.3, 0.4) is 0 Å². The smallest absolute Gasteiger partial charge is 0.326 e. The Morgan fingerprint density at radius 3 is 2.87 bits per heavy atom. The zero-order valence-corrected chi connectivity index (χ0v) is 17.0. The molecule has 0 unspecified atom stereocenters. The van der Waals surface area contributed by atoms with Gasteiger partial charge in [-0.3, -0.25) is 10.1 Å². The number of hydrogen-bond acceptors (Lipinski definition) is 6. The molecule has 1 aliphatic heterocycles. The Morgan fingerprint density at radius 1 is 1.26 bits per heavy atom. The monoisotopic (exact) mass is 418 g/mol. The first-order valence-corrected chi connectivity index (χ1v) is 10.3. The number of carbonyl (C=O) groups excluding carboxylic acids is 2. The molecule has 0 bridgehead atoms. The number of carbonyl (C=O) groups is 2. The van der Waals surface area contributed by atoms with Gasteiger partial charge in [0.2, 0.25) is 0 Å². The molecule has 5 rings (SSSR count). The summed E-state index contributed by atoms with van der Waals surface area (Å²) < 4.78 is 7.50. The molecule has 3 aromatic rings. The van der Waals surface area contributed by atoms with Crippen LogP contribution in [0.2, 0.25) is 0 Å². The summed E-state index contributed by atoms with van der Waals surface area (Å²) in [5, 5.41) is 12.7. The Balaban J connectivity index is 1.60. The number of fused-ring (bicyclic) bond motifs is 1. The topological polar surface area (TPSA) is 110 Å². The second kappa shape index (κ2) is 7.75. The fraction of sp³-hybridized carbons (Fsp3) is 0.273. The maximum atomic E-state index is 11.9. The maximum Gasteiger partial charge on any atom is 0.326 e. The predicted octanol–water partition coefficient (Wildman–Crippen LogP) is 2.94.